The molecule has 2 aromatic rings. The average molecular weight is 388 g/mol. The molecule has 0 radical (unpaired) electrons. The first-order valence-electron chi connectivity index (χ1n) is 9.42. The van der Waals surface area contributed by atoms with E-state index in [1.807, 2.05) is 38.5 Å². The number of rotatable bonds is 8. The van der Waals surface area contributed by atoms with Crippen molar-refractivity contribution >= 4 is 5.91 Å². The number of amides is 1. The summed E-state index contributed by atoms with van der Waals surface area (Å²) in [5.41, 5.74) is 1.96. The molecule has 0 saturated carbocycles. The van der Waals surface area contributed by atoms with Crippen LogP contribution < -0.4 is 24.8 Å². The summed E-state index contributed by atoms with van der Waals surface area (Å²) in [6, 6.07) is 3.72. The standard InChI is InChI=1S/C20H28N4O4/c1-5-28-19-17(26-3)6-13(7-18(19)27-4)8-22-20(25)16-11-21-10-15(16)14-9-23-24(2)12-14/h6-7,9,12,15-16,21H,5,8,10-11H2,1-4H3,(H,22,25)/t15-,16+/m1/s1. The van der Waals surface area contributed by atoms with E-state index in [-0.39, 0.29) is 17.7 Å². The van der Waals surface area contributed by atoms with Crippen LogP contribution in [0.3, 0.4) is 0 Å². The lowest BCUT2D eigenvalue weighted by Gasteiger charge is -2.18. The fourth-order valence-corrected chi connectivity index (χ4v) is 3.58. The minimum absolute atomic E-state index is 0.0191. The van der Waals surface area contributed by atoms with Crippen LogP contribution in [-0.4, -0.2) is 49.6 Å². The Morgan fingerprint density at radius 2 is 2.00 bits per heavy atom. The Labute approximate surface area is 165 Å². The Morgan fingerprint density at radius 1 is 1.29 bits per heavy atom. The third kappa shape index (κ3) is 4.22. The molecule has 2 atom stereocenters. The first-order chi connectivity index (χ1) is 13.6. The number of nitrogens with one attached hydrogen (secondary N) is 2. The maximum absolute atomic E-state index is 12.8. The summed E-state index contributed by atoms with van der Waals surface area (Å²) in [6.07, 6.45) is 3.81. The topological polar surface area (TPSA) is 86.6 Å². The van der Waals surface area contributed by atoms with Crippen LogP contribution in [0, 0.1) is 5.92 Å². The van der Waals surface area contributed by atoms with Gasteiger partial charge in [-0.05, 0) is 30.2 Å². The molecule has 3 rings (SSSR count). The molecule has 0 aliphatic carbocycles. The van der Waals surface area contributed by atoms with Gasteiger partial charge in [0.05, 0.1) is 32.9 Å². The first-order valence-corrected chi connectivity index (χ1v) is 9.42. The molecule has 2 heterocycles. The van der Waals surface area contributed by atoms with Gasteiger partial charge in [0.2, 0.25) is 11.7 Å². The summed E-state index contributed by atoms with van der Waals surface area (Å²) in [7, 11) is 5.05. The van der Waals surface area contributed by atoms with Crippen molar-refractivity contribution in [1.82, 2.24) is 20.4 Å². The Kier molecular flexibility index (Phi) is 6.41. The molecule has 1 aromatic carbocycles. The summed E-state index contributed by atoms with van der Waals surface area (Å²) in [6.45, 7) is 4.22. The highest BCUT2D eigenvalue weighted by Gasteiger charge is 2.34. The molecule has 28 heavy (non-hydrogen) atoms. The zero-order valence-electron chi connectivity index (χ0n) is 16.8. The second kappa shape index (κ2) is 8.97. The van der Waals surface area contributed by atoms with Crippen molar-refractivity contribution in [3.8, 4) is 17.2 Å². The van der Waals surface area contributed by atoms with Gasteiger partial charge in [-0.15, -0.1) is 0 Å². The van der Waals surface area contributed by atoms with Crippen LogP contribution in [0.4, 0.5) is 0 Å². The van der Waals surface area contributed by atoms with Crippen LogP contribution in [-0.2, 0) is 18.4 Å². The largest absolute Gasteiger partial charge is 0.493 e. The van der Waals surface area contributed by atoms with Gasteiger partial charge in [-0.2, -0.15) is 5.10 Å². The Morgan fingerprint density at radius 3 is 2.57 bits per heavy atom. The second-order valence-electron chi connectivity index (χ2n) is 6.80. The lowest BCUT2D eigenvalue weighted by atomic mass is 9.90. The van der Waals surface area contributed by atoms with Crippen LogP contribution in [0.15, 0.2) is 24.5 Å². The molecule has 8 heteroatoms. The number of ether oxygens (including phenoxy) is 3. The monoisotopic (exact) mass is 388 g/mol. The van der Waals surface area contributed by atoms with Gasteiger partial charge < -0.3 is 24.8 Å². The number of aromatic nitrogens is 2. The molecule has 152 valence electrons. The van der Waals surface area contributed by atoms with E-state index in [1.54, 1.807) is 18.9 Å². The van der Waals surface area contributed by atoms with Gasteiger partial charge in [-0.3, -0.25) is 9.48 Å². The van der Waals surface area contributed by atoms with Crippen molar-refractivity contribution in [2.75, 3.05) is 33.9 Å². The molecular formula is C20H28N4O4. The van der Waals surface area contributed by atoms with Crippen LogP contribution in [0.1, 0.15) is 24.0 Å². The molecule has 8 nitrogen and oxygen atoms in total. The predicted octanol–water partition coefficient (Wildman–Crippen LogP) is 1.46. The number of hydrogen-bond acceptors (Lipinski definition) is 6. The predicted molar refractivity (Wildman–Crippen MR) is 105 cm³/mol. The maximum atomic E-state index is 12.8. The van der Waals surface area contributed by atoms with Crippen molar-refractivity contribution in [2.24, 2.45) is 13.0 Å². The number of benzene rings is 1. The zero-order valence-corrected chi connectivity index (χ0v) is 16.8. The van der Waals surface area contributed by atoms with E-state index in [4.69, 9.17) is 14.2 Å². The minimum atomic E-state index is -0.129. The van der Waals surface area contributed by atoms with Crippen molar-refractivity contribution in [2.45, 2.75) is 19.4 Å². The summed E-state index contributed by atoms with van der Waals surface area (Å²) < 4.78 is 18.2. The molecular weight excluding hydrogens is 360 g/mol. The Bertz CT molecular complexity index is 795. The highest BCUT2D eigenvalue weighted by molar-refractivity contribution is 5.80. The zero-order chi connectivity index (χ0) is 20.1. The molecule has 1 saturated heterocycles. The summed E-state index contributed by atoms with van der Waals surface area (Å²) in [4.78, 5) is 12.8. The minimum Gasteiger partial charge on any atom is -0.493 e. The van der Waals surface area contributed by atoms with Crippen LogP contribution in [0.5, 0.6) is 17.2 Å². The van der Waals surface area contributed by atoms with E-state index >= 15 is 0 Å². The highest BCUT2D eigenvalue weighted by Crippen LogP contribution is 2.38. The SMILES string of the molecule is CCOc1c(OC)cc(CNC(=O)[C@H]2CNC[C@@H]2c2cnn(C)c2)cc1OC. The molecule has 0 unspecified atom stereocenters. The molecule has 1 amide bonds. The van der Waals surface area contributed by atoms with E-state index in [0.717, 1.165) is 17.7 Å². The van der Waals surface area contributed by atoms with Gasteiger partial charge in [-0.1, -0.05) is 0 Å². The number of hydrogen-bond donors (Lipinski definition) is 2. The molecule has 1 aliphatic rings. The molecule has 1 aliphatic heterocycles. The van der Waals surface area contributed by atoms with Crippen LogP contribution >= 0.6 is 0 Å². The lowest BCUT2D eigenvalue weighted by Crippen LogP contribution is -2.34. The molecule has 1 aromatic heterocycles. The Balaban J connectivity index is 1.70. The third-order valence-electron chi connectivity index (χ3n) is 4.98. The number of carbonyl (C=O) groups excluding carboxylic acids is 1. The molecule has 0 spiro atoms. The lowest BCUT2D eigenvalue weighted by molar-refractivity contribution is -0.125. The fraction of sp³-hybridized carbons (Fsp3) is 0.500. The van der Waals surface area contributed by atoms with Gasteiger partial charge in [0, 0.05) is 38.8 Å². The van der Waals surface area contributed by atoms with Gasteiger partial charge >= 0.3 is 0 Å². The number of carbonyl (C=O) groups is 1. The first kappa shape index (κ1) is 20.0. The van der Waals surface area contributed by atoms with E-state index in [2.05, 4.69) is 15.7 Å². The summed E-state index contributed by atoms with van der Waals surface area (Å²) in [5, 5.41) is 10.6. The summed E-state index contributed by atoms with van der Waals surface area (Å²) in [5.74, 6) is 1.75. The second-order valence-corrected chi connectivity index (χ2v) is 6.80. The third-order valence-corrected chi connectivity index (χ3v) is 4.98. The van der Waals surface area contributed by atoms with Gasteiger partial charge in [0.15, 0.2) is 11.5 Å². The van der Waals surface area contributed by atoms with Crippen LogP contribution in [0.2, 0.25) is 0 Å². The maximum Gasteiger partial charge on any atom is 0.225 e. The van der Waals surface area contributed by atoms with Gasteiger partial charge in [0.1, 0.15) is 0 Å². The number of methoxy groups -OCH3 is 2. The van der Waals surface area contributed by atoms with E-state index in [9.17, 15) is 4.79 Å². The van der Waals surface area contributed by atoms with E-state index < -0.39 is 0 Å². The van der Waals surface area contributed by atoms with E-state index in [0.29, 0.717) is 36.9 Å². The summed E-state index contributed by atoms with van der Waals surface area (Å²) >= 11 is 0. The van der Waals surface area contributed by atoms with Crippen molar-refractivity contribution in [3.05, 3.63) is 35.7 Å². The highest BCUT2D eigenvalue weighted by atomic mass is 16.5. The van der Waals surface area contributed by atoms with Crippen molar-refractivity contribution in [1.29, 1.82) is 0 Å². The van der Waals surface area contributed by atoms with Gasteiger partial charge in [-0.25, -0.2) is 0 Å². The quantitative estimate of drug-likeness (QED) is 0.712. The van der Waals surface area contributed by atoms with Crippen molar-refractivity contribution in [3.63, 3.8) is 0 Å². The molecule has 2 N–H and O–H groups in total. The Hall–Kier alpha value is -2.74. The fourth-order valence-electron chi connectivity index (χ4n) is 3.58. The smallest absolute Gasteiger partial charge is 0.225 e. The van der Waals surface area contributed by atoms with Crippen LogP contribution in [0.25, 0.3) is 0 Å². The molecule has 1 fully saturated rings. The van der Waals surface area contributed by atoms with Crippen molar-refractivity contribution < 1.29 is 19.0 Å². The normalized spacial score (nSPS) is 18.7. The number of aryl methyl sites for hydroxylation is 1. The number of nitrogens with zero attached hydrogens (tertiary/aromatic N) is 2. The average Bonchev–Trinajstić information content (AvgIpc) is 3.35. The molecule has 0 bridgehead atoms. The van der Waals surface area contributed by atoms with Gasteiger partial charge in [0.25, 0.3) is 0 Å². The van der Waals surface area contributed by atoms with E-state index in [1.165, 1.54) is 0 Å².